The number of halogens is 1. The number of hydrogen-bond donors (Lipinski definition) is 1. The van der Waals surface area contributed by atoms with E-state index in [4.69, 9.17) is 0 Å². The van der Waals surface area contributed by atoms with Gasteiger partial charge in [0.2, 0.25) is 0 Å². The van der Waals surface area contributed by atoms with E-state index in [0.717, 1.165) is 10.4 Å². The first kappa shape index (κ1) is 14.6. The van der Waals surface area contributed by atoms with Crippen LogP contribution < -0.4 is 5.32 Å². The van der Waals surface area contributed by atoms with Crippen molar-refractivity contribution < 1.29 is 0 Å². The van der Waals surface area contributed by atoms with E-state index in [2.05, 4.69) is 78.4 Å². The maximum Gasteiger partial charge on any atom is 0.0402 e. The van der Waals surface area contributed by atoms with Crippen LogP contribution in [0.2, 0.25) is 0 Å². The van der Waals surface area contributed by atoms with Crippen molar-refractivity contribution in [2.45, 2.75) is 45.6 Å². The minimum absolute atomic E-state index is 0.606. The molecule has 2 heteroatoms. The van der Waals surface area contributed by atoms with E-state index in [0.29, 0.717) is 6.04 Å². The quantitative estimate of drug-likeness (QED) is 0.749. The first-order valence-electron chi connectivity index (χ1n) is 7.63. The second-order valence-electron chi connectivity index (χ2n) is 6.33. The molecule has 1 saturated carbocycles. The molecule has 0 bridgehead atoms. The Morgan fingerprint density at radius 1 is 0.952 bits per heavy atom. The summed E-state index contributed by atoms with van der Waals surface area (Å²) in [7, 11) is 0. The minimum atomic E-state index is 0.606. The van der Waals surface area contributed by atoms with Crippen molar-refractivity contribution in [2.75, 3.05) is 5.32 Å². The van der Waals surface area contributed by atoms with Crippen LogP contribution >= 0.6 is 15.9 Å². The molecule has 0 atom stereocenters. The van der Waals surface area contributed by atoms with Crippen molar-refractivity contribution in [3.8, 4) is 0 Å². The fraction of sp³-hybridized carbons (Fsp3) is 0.368. The molecule has 0 amide bonds. The Labute approximate surface area is 135 Å². The SMILES string of the molecule is Cc1ccc(C2CC(Nc3c(C)cc(Br)cc3C)C2)cc1. The van der Waals surface area contributed by atoms with Gasteiger partial charge in [-0.2, -0.15) is 0 Å². The molecule has 2 aromatic rings. The molecule has 2 aromatic carbocycles. The highest BCUT2D eigenvalue weighted by Gasteiger charge is 2.30. The predicted molar refractivity (Wildman–Crippen MR) is 94.2 cm³/mol. The summed E-state index contributed by atoms with van der Waals surface area (Å²) in [4.78, 5) is 0. The Morgan fingerprint density at radius 3 is 2.10 bits per heavy atom. The van der Waals surface area contributed by atoms with E-state index in [1.165, 1.54) is 40.8 Å². The zero-order chi connectivity index (χ0) is 15.0. The van der Waals surface area contributed by atoms with Crippen molar-refractivity contribution in [1.82, 2.24) is 0 Å². The van der Waals surface area contributed by atoms with Gasteiger partial charge in [0, 0.05) is 16.2 Å². The van der Waals surface area contributed by atoms with Crippen molar-refractivity contribution in [3.63, 3.8) is 0 Å². The Hall–Kier alpha value is -1.28. The van der Waals surface area contributed by atoms with Crippen LogP contribution in [0.15, 0.2) is 40.9 Å². The highest BCUT2D eigenvalue weighted by molar-refractivity contribution is 9.10. The summed E-state index contributed by atoms with van der Waals surface area (Å²) in [5, 5.41) is 3.73. The van der Waals surface area contributed by atoms with Crippen LogP contribution in [-0.4, -0.2) is 6.04 Å². The van der Waals surface area contributed by atoms with E-state index in [1.807, 2.05) is 0 Å². The lowest BCUT2D eigenvalue weighted by Gasteiger charge is -2.37. The van der Waals surface area contributed by atoms with Gasteiger partial charge < -0.3 is 5.32 Å². The third-order valence-corrected chi connectivity index (χ3v) is 4.99. The van der Waals surface area contributed by atoms with E-state index in [1.54, 1.807) is 0 Å². The van der Waals surface area contributed by atoms with Crippen molar-refractivity contribution >= 4 is 21.6 Å². The van der Waals surface area contributed by atoms with Gasteiger partial charge in [0.25, 0.3) is 0 Å². The summed E-state index contributed by atoms with van der Waals surface area (Å²) >= 11 is 3.56. The monoisotopic (exact) mass is 343 g/mol. The zero-order valence-corrected chi connectivity index (χ0v) is 14.5. The van der Waals surface area contributed by atoms with E-state index < -0.39 is 0 Å². The van der Waals surface area contributed by atoms with Gasteiger partial charge in [-0.3, -0.25) is 0 Å². The number of benzene rings is 2. The molecule has 1 N–H and O–H groups in total. The van der Waals surface area contributed by atoms with Gasteiger partial charge in [-0.1, -0.05) is 45.8 Å². The fourth-order valence-electron chi connectivity index (χ4n) is 3.19. The Bertz CT molecular complexity index is 616. The van der Waals surface area contributed by atoms with Gasteiger partial charge in [0.15, 0.2) is 0 Å². The minimum Gasteiger partial charge on any atom is -0.382 e. The topological polar surface area (TPSA) is 12.0 Å². The number of anilines is 1. The molecule has 0 radical (unpaired) electrons. The second-order valence-corrected chi connectivity index (χ2v) is 7.25. The zero-order valence-electron chi connectivity index (χ0n) is 12.9. The number of rotatable bonds is 3. The molecule has 21 heavy (non-hydrogen) atoms. The Morgan fingerprint density at radius 2 is 1.52 bits per heavy atom. The number of hydrogen-bond acceptors (Lipinski definition) is 1. The third-order valence-electron chi connectivity index (χ3n) is 4.53. The Balaban J connectivity index is 1.64. The second kappa shape index (κ2) is 5.84. The molecule has 1 nitrogen and oxygen atoms in total. The largest absolute Gasteiger partial charge is 0.382 e. The first-order chi connectivity index (χ1) is 10.0. The standard InChI is InChI=1S/C19H22BrN/c1-12-4-6-15(7-5-12)16-10-18(11-16)21-19-13(2)8-17(20)9-14(19)3/h4-9,16,18,21H,10-11H2,1-3H3. The average Bonchev–Trinajstić information content (AvgIpc) is 2.37. The molecular weight excluding hydrogens is 322 g/mol. The summed E-state index contributed by atoms with van der Waals surface area (Å²) in [5.41, 5.74) is 6.78. The summed E-state index contributed by atoms with van der Waals surface area (Å²) in [6.45, 7) is 6.50. The van der Waals surface area contributed by atoms with Crippen LogP contribution in [0, 0.1) is 20.8 Å². The third kappa shape index (κ3) is 3.16. The lowest BCUT2D eigenvalue weighted by molar-refractivity contribution is 0.374. The lowest BCUT2D eigenvalue weighted by Crippen LogP contribution is -2.34. The normalized spacial score (nSPS) is 21.0. The molecule has 0 heterocycles. The molecule has 0 unspecified atom stereocenters. The van der Waals surface area contributed by atoms with Crippen molar-refractivity contribution in [3.05, 3.63) is 63.1 Å². The maximum absolute atomic E-state index is 3.73. The molecule has 1 aliphatic rings. The van der Waals surface area contributed by atoms with Gasteiger partial charge >= 0.3 is 0 Å². The van der Waals surface area contributed by atoms with Gasteiger partial charge in [0.1, 0.15) is 0 Å². The van der Waals surface area contributed by atoms with Crippen LogP contribution in [0.3, 0.4) is 0 Å². The highest BCUT2D eigenvalue weighted by atomic mass is 79.9. The highest BCUT2D eigenvalue weighted by Crippen LogP contribution is 2.39. The van der Waals surface area contributed by atoms with Gasteiger partial charge in [-0.25, -0.2) is 0 Å². The van der Waals surface area contributed by atoms with Gasteiger partial charge in [-0.05, 0) is 68.4 Å². The van der Waals surface area contributed by atoms with Crippen molar-refractivity contribution in [1.29, 1.82) is 0 Å². The van der Waals surface area contributed by atoms with Crippen LogP contribution in [0.25, 0.3) is 0 Å². The van der Waals surface area contributed by atoms with Gasteiger partial charge in [-0.15, -0.1) is 0 Å². The molecule has 3 rings (SSSR count). The molecule has 1 fully saturated rings. The molecule has 0 aromatic heterocycles. The smallest absolute Gasteiger partial charge is 0.0402 e. The average molecular weight is 344 g/mol. The molecule has 0 spiro atoms. The summed E-state index contributed by atoms with van der Waals surface area (Å²) in [5.74, 6) is 0.721. The lowest BCUT2D eigenvalue weighted by atomic mass is 9.75. The Kier molecular flexibility index (Phi) is 4.08. The van der Waals surface area contributed by atoms with Crippen LogP contribution in [0.1, 0.15) is 41.0 Å². The molecule has 110 valence electrons. The van der Waals surface area contributed by atoms with Crippen molar-refractivity contribution in [2.24, 2.45) is 0 Å². The first-order valence-corrected chi connectivity index (χ1v) is 8.42. The van der Waals surface area contributed by atoms with E-state index in [9.17, 15) is 0 Å². The number of nitrogens with one attached hydrogen (secondary N) is 1. The maximum atomic E-state index is 3.73. The molecular formula is C19H22BrN. The summed E-state index contributed by atoms with van der Waals surface area (Å²) < 4.78 is 1.16. The number of aryl methyl sites for hydroxylation is 3. The fourth-order valence-corrected chi connectivity index (χ4v) is 3.88. The van der Waals surface area contributed by atoms with E-state index >= 15 is 0 Å². The predicted octanol–water partition coefficient (Wildman–Crippen LogP) is 5.73. The van der Waals surface area contributed by atoms with E-state index in [-0.39, 0.29) is 0 Å². The van der Waals surface area contributed by atoms with Crippen LogP contribution in [-0.2, 0) is 0 Å². The summed E-state index contributed by atoms with van der Waals surface area (Å²) in [6.07, 6.45) is 2.47. The molecule has 1 aliphatic carbocycles. The molecule has 0 aliphatic heterocycles. The summed E-state index contributed by atoms with van der Waals surface area (Å²) in [6, 6.07) is 14.0. The van der Waals surface area contributed by atoms with Gasteiger partial charge in [0.05, 0.1) is 0 Å². The molecule has 0 saturated heterocycles. The van der Waals surface area contributed by atoms with Crippen LogP contribution in [0.5, 0.6) is 0 Å². The van der Waals surface area contributed by atoms with Crippen LogP contribution in [0.4, 0.5) is 5.69 Å².